The molecule has 1 heteroatoms. The Morgan fingerprint density at radius 3 is 2.06 bits per heavy atom. The summed E-state index contributed by atoms with van der Waals surface area (Å²) in [6.07, 6.45) is 1.23. The number of nitrogens with one attached hydrogen (secondary N) is 1. The van der Waals surface area contributed by atoms with Crippen LogP contribution in [0.3, 0.4) is 0 Å². The van der Waals surface area contributed by atoms with Gasteiger partial charge in [0.25, 0.3) is 0 Å². The van der Waals surface area contributed by atoms with E-state index >= 15 is 0 Å². The molecule has 1 N–H and O–H groups in total. The van der Waals surface area contributed by atoms with Crippen LogP contribution in [0.2, 0.25) is 0 Å². The van der Waals surface area contributed by atoms with Gasteiger partial charge in [-0.05, 0) is 38.7 Å². The lowest BCUT2D eigenvalue weighted by Gasteiger charge is -2.21. The van der Waals surface area contributed by atoms with Crippen LogP contribution in [0.25, 0.3) is 0 Å². The molecule has 2 atom stereocenters. The molecule has 0 spiro atoms. The summed E-state index contributed by atoms with van der Waals surface area (Å²) in [6, 6.07) is 9.82. The van der Waals surface area contributed by atoms with Gasteiger partial charge in [-0.3, -0.25) is 0 Å². The highest BCUT2D eigenvalue weighted by atomic mass is 14.9. The van der Waals surface area contributed by atoms with Crippen molar-refractivity contribution in [2.24, 2.45) is 5.92 Å². The van der Waals surface area contributed by atoms with Crippen molar-refractivity contribution in [2.75, 3.05) is 0 Å². The Hall–Kier alpha value is -0.820. The summed E-state index contributed by atoms with van der Waals surface area (Å²) >= 11 is 0. The summed E-state index contributed by atoms with van der Waals surface area (Å²) < 4.78 is 0. The molecular weight excluding hydrogens is 194 g/mol. The summed E-state index contributed by atoms with van der Waals surface area (Å²) in [5, 5.41) is 3.65. The van der Waals surface area contributed by atoms with Gasteiger partial charge in [-0.2, -0.15) is 0 Å². The number of aryl methyl sites for hydroxylation is 1. The smallest absolute Gasteiger partial charge is 0.0294 e. The van der Waals surface area contributed by atoms with Gasteiger partial charge in [-0.15, -0.1) is 0 Å². The molecule has 1 aromatic rings. The molecule has 0 aliphatic heterocycles. The lowest BCUT2D eigenvalue weighted by atomic mass is 10.0. The number of hydrogen-bond acceptors (Lipinski definition) is 1. The first-order chi connectivity index (χ1) is 7.49. The van der Waals surface area contributed by atoms with Crippen LogP contribution in [0.1, 0.15) is 51.3 Å². The van der Waals surface area contributed by atoms with Crippen molar-refractivity contribution < 1.29 is 0 Å². The van der Waals surface area contributed by atoms with Crippen LogP contribution in [-0.4, -0.2) is 6.04 Å². The average molecular weight is 219 g/mol. The van der Waals surface area contributed by atoms with E-state index in [1.165, 1.54) is 17.5 Å². The minimum absolute atomic E-state index is 0.439. The normalized spacial score (nSPS) is 15.1. The summed E-state index contributed by atoms with van der Waals surface area (Å²) in [5.74, 6) is 0.757. The van der Waals surface area contributed by atoms with E-state index in [1.54, 1.807) is 0 Å². The highest BCUT2D eigenvalue weighted by Gasteiger charge is 2.10. The maximum absolute atomic E-state index is 3.65. The Morgan fingerprint density at radius 2 is 1.56 bits per heavy atom. The Bertz CT molecular complexity index is 300. The number of hydrogen-bond donors (Lipinski definition) is 1. The zero-order valence-corrected chi connectivity index (χ0v) is 11.2. The Labute approximate surface area is 100 Å². The molecule has 0 aromatic heterocycles. The van der Waals surface area contributed by atoms with E-state index < -0.39 is 0 Å². The van der Waals surface area contributed by atoms with Crippen molar-refractivity contribution >= 4 is 0 Å². The highest BCUT2D eigenvalue weighted by molar-refractivity contribution is 5.23. The molecule has 16 heavy (non-hydrogen) atoms. The summed E-state index contributed by atoms with van der Waals surface area (Å²) in [6.45, 7) is 11.2. The summed E-state index contributed by atoms with van der Waals surface area (Å²) in [7, 11) is 0. The van der Waals surface area contributed by atoms with Crippen molar-refractivity contribution in [3.63, 3.8) is 0 Å². The van der Waals surface area contributed by atoms with E-state index in [1.807, 2.05) is 0 Å². The monoisotopic (exact) mass is 219 g/mol. The van der Waals surface area contributed by atoms with Crippen molar-refractivity contribution in [3.05, 3.63) is 35.4 Å². The molecule has 1 nitrogen and oxygen atoms in total. The maximum Gasteiger partial charge on any atom is 0.0294 e. The van der Waals surface area contributed by atoms with E-state index in [0.717, 1.165) is 5.92 Å². The zero-order chi connectivity index (χ0) is 12.1. The van der Waals surface area contributed by atoms with Gasteiger partial charge in [0.1, 0.15) is 0 Å². The van der Waals surface area contributed by atoms with Crippen molar-refractivity contribution in [1.82, 2.24) is 5.32 Å². The largest absolute Gasteiger partial charge is 0.308 e. The van der Waals surface area contributed by atoms with Crippen LogP contribution in [0.4, 0.5) is 0 Å². The maximum atomic E-state index is 3.65. The first-order valence-corrected chi connectivity index (χ1v) is 6.31. The number of benzene rings is 1. The Kier molecular flexibility index (Phi) is 5.01. The molecule has 0 fully saturated rings. The van der Waals surface area contributed by atoms with E-state index in [-0.39, 0.29) is 0 Å². The molecular formula is C15H25N. The lowest BCUT2D eigenvalue weighted by Crippen LogP contribution is -2.30. The fraction of sp³-hybridized carbons (Fsp3) is 0.600. The molecule has 1 rings (SSSR count). The topological polar surface area (TPSA) is 12.0 Å². The first kappa shape index (κ1) is 13.2. The Morgan fingerprint density at radius 1 is 1.00 bits per heavy atom. The van der Waals surface area contributed by atoms with E-state index in [9.17, 15) is 0 Å². The van der Waals surface area contributed by atoms with Gasteiger partial charge in [0, 0.05) is 12.1 Å². The van der Waals surface area contributed by atoms with Crippen LogP contribution in [-0.2, 0) is 0 Å². The lowest BCUT2D eigenvalue weighted by molar-refractivity contribution is 0.407. The van der Waals surface area contributed by atoms with Crippen molar-refractivity contribution in [3.8, 4) is 0 Å². The fourth-order valence-electron chi connectivity index (χ4n) is 2.15. The molecule has 0 saturated heterocycles. The Balaban J connectivity index is 2.51. The molecule has 0 heterocycles. The average Bonchev–Trinajstić information content (AvgIpc) is 2.16. The van der Waals surface area contributed by atoms with Gasteiger partial charge in [-0.1, -0.05) is 43.7 Å². The first-order valence-electron chi connectivity index (χ1n) is 6.31. The highest BCUT2D eigenvalue weighted by Crippen LogP contribution is 2.15. The second-order valence-corrected chi connectivity index (χ2v) is 5.33. The molecule has 1 aromatic carbocycles. The van der Waals surface area contributed by atoms with Crippen LogP contribution < -0.4 is 5.32 Å². The van der Waals surface area contributed by atoms with Crippen molar-refractivity contribution in [2.45, 2.75) is 53.1 Å². The predicted octanol–water partition coefficient (Wildman–Crippen LogP) is 4.08. The molecule has 0 amide bonds. The second-order valence-electron chi connectivity index (χ2n) is 5.33. The quantitative estimate of drug-likeness (QED) is 0.787. The third kappa shape index (κ3) is 4.36. The van der Waals surface area contributed by atoms with Crippen molar-refractivity contribution in [1.29, 1.82) is 0 Å². The predicted molar refractivity (Wildman–Crippen MR) is 71.6 cm³/mol. The molecule has 0 bridgehead atoms. The molecule has 0 aliphatic rings. The van der Waals surface area contributed by atoms with Gasteiger partial charge < -0.3 is 5.32 Å². The van der Waals surface area contributed by atoms with E-state index in [2.05, 4.69) is 64.2 Å². The minimum Gasteiger partial charge on any atom is -0.308 e. The molecule has 1 unspecified atom stereocenters. The van der Waals surface area contributed by atoms with E-state index in [4.69, 9.17) is 0 Å². The summed E-state index contributed by atoms with van der Waals surface area (Å²) in [5.41, 5.74) is 2.70. The van der Waals surface area contributed by atoms with Crippen LogP contribution >= 0.6 is 0 Å². The molecule has 0 aliphatic carbocycles. The van der Waals surface area contributed by atoms with Crippen LogP contribution in [0.15, 0.2) is 24.3 Å². The summed E-state index contributed by atoms with van der Waals surface area (Å²) in [4.78, 5) is 0. The van der Waals surface area contributed by atoms with Gasteiger partial charge in [-0.25, -0.2) is 0 Å². The third-order valence-electron chi connectivity index (χ3n) is 2.94. The second kappa shape index (κ2) is 6.05. The molecule has 0 radical (unpaired) electrons. The van der Waals surface area contributed by atoms with Gasteiger partial charge in [0.2, 0.25) is 0 Å². The minimum atomic E-state index is 0.439. The zero-order valence-electron chi connectivity index (χ0n) is 11.2. The van der Waals surface area contributed by atoms with Gasteiger partial charge in [0.15, 0.2) is 0 Å². The molecule has 90 valence electrons. The number of rotatable bonds is 5. The van der Waals surface area contributed by atoms with Gasteiger partial charge >= 0.3 is 0 Å². The fourth-order valence-corrected chi connectivity index (χ4v) is 2.15. The van der Waals surface area contributed by atoms with Crippen LogP contribution in [0, 0.1) is 12.8 Å². The molecule has 0 saturated carbocycles. The standard InChI is InChI=1S/C15H25N/c1-11(2)10-13(4)16-14(5)15-8-6-12(3)7-9-15/h6-9,11,13-14,16H,10H2,1-5H3/t13?,14-/m0/s1. The van der Waals surface area contributed by atoms with Crippen LogP contribution in [0.5, 0.6) is 0 Å². The SMILES string of the molecule is Cc1ccc([C@H](C)NC(C)CC(C)C)cc1. The van der Waals surface area contributed by atoms with Gasteiger partial charge in [0.05, 0.1) is 0 Å². The third-order valence-corrected chi connectivity index (χ3v) is 2.94. The van der Waals surface area contributed by atoms with E-state index in [0.29, 0.717) is 12.1 Å².